The summed E-state index contributed by atoms with van der Waals surface area (Å²) in [5, 5.41) is 0. The lowest BCUT2D eigenvalue weighted by atomic mass is 9.87. The van der Waals surface area contributed by atoms with Crippen molar-refractivity contribution in [3.63, 3.8) is 0 Å². The maximum Gasteiger partial charge on any atom is 0.165 e. The molecule has 1 unspecified atom stereocenters. The van der Waals surface area contributed by atoms with E-state index in [9.17, 15) is 4.79 Å². The molecule has 1 atom stereocenters. The number of carbonyl (C=O) groups is 1. The summed E-state index contributed by atoms with van der Waals surface area (Å²) in [7, 11) is 0. The van der Waals surface area contributed by atoms with E-state index >= 15 is 0 Å². The lowest BCUT2D eigenvalue weighted by Crippen LogP contribution is -2.16. The zero-order valence-corrected chi connectivity index (χ0v) is 17.0. The number of unbranched alkanes of at least 4 members (excludes halogenated alkanes) is 7. The maximum absolute atomic E-state index is 13.0. The smallest absolute Gasteiger partial charge is 0.165 e. The largest absolute Gasteiger partial charge is 0.294 e. The average Bonchev–Trinajstić information content (AvgIpc) is 2.73. The summed E-state index contributed by atoms with van der Waals surface area (Å²) < 4.78 is 0. The highest BCUT2D eigenvalue weighted by atomic mass is 16.1. The van der Waals surface area contributed by atoms with Gasteiger partial charge in [0, 0.05) is 11.5 Å². The van der Waals surface area contributed by atoms with E-state index in [4.69, 9.17) is 0 Å². The van der Waals surface area contributed by atoms with Gasteiger partial charge in [0.25, 0.3) is 0 Å². The molecule has 1 nitrogen and oxygen atoms in total. The second kappa shape index (κ2) is 13.3. The van der Waals surface area contributed by atoms with Crippen molar-refractivity contribution in [2.45, 2.75) is 77.6 Å². The van der Waals surface area contributed by atoms with E-state index in [1.165, 1.54) is 56.9 Å². The van der Waals surface area contributed by atoms with Gasteiger partial charge in [-0.1, -0.05) is 119 Å². The Bertz CT molecular complexity index is 617. The minimum Gasteiger partial charge on any atom is -0.294 e. The van der Waals surface area contributed by atoms with E-state index < -0.39 is 0 Å². The van der Waals surface area contributed by atoms with Crippen molar-refractivity contribution in [2.24, 2.45) is 5.92 Å². The summed E-state index contributed by atoms with van der Waals surface area (Å²) in [6, 6.07) is 20.4. The Morgan fingerprint density at radius 1 is 0.704 bits per heavy atom. The van der Waals surface area contributed by atoms with E-state index in [0.29, 0.717) is 5.78 Å². The number of rotatable bonds is 14. The van der Waals surface area contributed by atoms with Crippen molar-refractivity contribution in [3.8, 4) is 0 Å². The Morgan fingerprint density at radius 3 is 1.89 bits per heavy atom. The molecule has 27 heavy (non-hydrogen) atoms. The summed E-state index contributed by atoms with van der Waals surface area (Å²) in [5.74, 6) is 0.474. The van der Waals surface area contributed by atoms with Crippen LogP contribution in [0.4, 0.5) is 0 Å². The van der Waals surface area contributed by atoms with Gasteiger partial charge in [-0.3, -0.25) is 4.79 Å². The summed E-state index contributed by atoms with van der Waals surface area (Å²) in [6.45, 7) is 2.26. The Kier molecular flexibility index (Phi) is 10.6. The number of ketones is 1. The number of benzene rings is 2. The normalized spacial score (nSPS) is 12.0. The van der Waals surface area contributed by atoms with Gasteiger partial charge in [0.15, 0.2) is 5.78 Å². The van der Waals surface area contributed by atoms with Crippen LogP contribution in [0.2, 0.25) is 0 Å². The fraction of sp³-hybridized carbons (Fsp3) is 0.500. The molecule has 0 saturated heterocycles. The Hall–Kier alpha value is -1.89. The third-order valence-electron chi connectivity index (χ3n) is 5.46. The Balaban J connectivity index is 1.81. The predicted molar refractivity (Wildman–Crippen MR) is 116 cm³/mol. The fourth-order valence-corrected chi connectivity index (χ4v) is 3.75. The molecular formula is C26H36O. The predicted octanol–water partition coefficient (Wildman–Crippen LogP) is 7.65. The van der Waals surface area contributed by atoms with Crippen LogP contribution in [0.5, 0.6) is 0 Å². The van der Waals surface area contributed by atoms with Crippen molar-refractivity contribution in [1.29, 1.82) is 0 Å². The topological polar surface area (TPSA) is 17.1 Å². The van der Waals surface area contributed by atoms with Crippen LogP contribution in [0.25, 0.3) is 0 Å². The highest BCUT2D eigenvalue weighted by Gasteiger charge is 2.19. The standard InChI is InChI=1S/C26H36O/c1-2-3-4-5-6-7-8-13-20-25(22-21-23-16-11-9-12-17-23)26(27)24-18-14-10-15-19-24/h9-12,14-19,25H,2-8,13,20-22H2,1H3. The molecule has 0 aliphatic rings. The molecule has 0 aliphatic heterocycles. The summed E-state index contributed by atoms with van der Waals surface area (Å²) in [5.41, 5.74) is 2.20. The van der Waals surface area contributed by atoms with Crippen LogP contribution in [0, 0.1) is 5.92 Å². The van der Waals surface area contributed by atoms with Gasteiger partial charge in [0.05, 0.1) is 0 Å². The fourth-order valence-electron chi connectivity index (χ4n) is 3.75. The van der Waals surface area contributed by atoms with Gasteiger partial charge >= 0.3 is 0 Å². The minimum atomic E-state index is 0.146. The van der Waals surface area contributed by atoms with Crippen LogP contribution < -0.4 is 0 Å². The Labute approximate surface area is 166 Å². The average molecular weight is 365 g/mol. The first-order valence-corrected chi connectivity index (χ1v) is 10.9. The van der Waals surface area contributed by atoms with Crippen molar-refractivity contribution >= 4 is 5.78 Å². The lowest BCUT2D eigenvalue weighted by Gasteiger charge is -2.16. The van der Waals surface area contributed by atoms with Crippen molar-refractivity contribution in [2.75, 3.05) is 0 Å². The molecule has 0 bridgehead atoms. The molecule has 1 heteroatoms. The quantitative estimate of drug-likeness (QED) is 0.248. The second-order valence-corrected chi connectivity index (χ2v) is 7.72. The molecule has 0 heterocycles. The van der Waals surface area contributed by atoms with Crippen molar-refractivity contribution < 1.29 is 4.79 Å². The molecule has 0 radical (unpaired) electrons. The highest BCUT2D eigenvalue weighted by molar-refractivity contribution is 5.97. The third-order valence-corrected chi connectivity index (χ3v) is 5.46. The number of Topliss-reactive ketones (excluding diaryl/α,β-unsaturated/α-hetero) is 1. The van der Waals surface area contributed by atoms with E-state index in [2.05, 4.69) is 37.3 Å². The SMILES string of the molecule is CCCCCCCCCCC(CCc1ccccc1)C(=O)c1ccccc1. The minimum absolute atomic E-state index is 0.146. The first kappa shape index (κ1) is 21.4. The van der Waals surface area contributed by atoms with Crippen LogP contribution in [0.3, 0.4) is 0 Å². The van der Waals surface area contributed by atoms with Crippen LogP contribution in [-0.2, 0) is 6.42 Å². The summed E-state index contributed by atoms with van der Waals surface area (Å²) in [4.78, 5) is 13.0. The van der Waals surface area contributed by atoms with Gasteiger partial charge in [-0.05, 0) is 24.8 Å². The first-order chi connectivity index (χ1) is 13.3. The zero-order valence-electron chi connectivity index (χ0n) is 17.0. The van der Waals surface area contributed by atoms with Gasteiger partial charge in [-0.25, -0.2) is 0 Å². The van der Waals surface area contributed by atoms with E-state index in [0.717, 1.165) is 24.8 Å². The zero-order chi connectivity index (χ0) is 19.2. The number of aryl methyl sites for hydroxylation is 1. The second-order valence-electron chi connectivity index (χ2n) is 7.72. The van der Waals surface area contributed by atoms with Gasteiger partial charge in [0.1, 0.15) is 0 Å². The monoisotopic (exact) mass is 364 g/mol. The summed E-state index contributed by atoms with van der Waals surface area (Å²) in [6.07, 6.45) is 13.5. The van der Waals surface area contributed by atoms with Crippen LogP contribution in [-0.4, -0.2) is 5.78 Å². The van der Waals surface area contributed by atoms with E-state index in [1.807, 2.05) is 30.3 Å². The molecule has 2 rings (SSSR count). The molecule has 0 aliphatic carbocycles. The molecule has 0 spiro atoms. The molecule has 146 valence electrons. The maximum atomic E-state index is 13.0. The van der Waals surface area contributed by atoms with Gasteiger partial charge < -0.3 is 0 Å². The van der Waals surface area contributed by atoms with Crippen LogP contribution in [0.15, 0.2) is 60.7 Å². The van der Waals surface area contributed by atoms with Crippen LogP contribution >= 0.6 is 0 Å². The molecule has 0 amide bonds. The van der Waals surface area contributed by atoms with E-state index in [-0.39, 0.29) is 5.92 Å². The third kappa shape index (κ3) is 8.56. The number of carbonyl (C=O) groups excluding carboxylic acids is 1. The van der Waals surface area contributed by atoms with Crippen molar-refractivity contribution in [1.82, 2.24) is 0 Å². The molecule has 2 aromatic rings. The lowest BCUT2D eigenvalue weighted by molar-refractivity contribution is 0.0904. The molecule has 0 saturated carbocycles. The Morgan fingerprint density at radius 2 is 1.26 bits per heavy atom. The molecular weight excluding hydrogens is 328 g/mol. The number of hydrogen-bond donors (Lipinski definition) is 0. The van der Waals surface area contributed by atoms with Gasteiger partial charge in [-0.2, -0.15) is 0 Å². The van der Waals surface area contributed by atoms with Gasteiger partial charge in [0.2, 0.25) is 0 Å². The van der Waals surface area contributed by atoms with E-state index in [1.54, 1.807) is 0 Å². The molecule has 0 fully saturated rings. The molecule has 0 aromatic heterocycles. The number of hydrogen-bond acceptors (Lipinski definition) is 1. The van der Waals surface area contributed by atoms with Gasteiger partial charge in [-0.15, -0.1) is 0 Å². The molecule has 2 aromatic carbocycles. The van der Waals surface area contributed by atoms with Crippen molar-refractivity contribution in [3.05, 3.63) is 71.8 Å². The highest BCUT2D eigenvalue weighted by Crippen LogP contribution is 2.22. The van der Waals surface area contributed by atoms with Crippen LogP contribution in [0.1, 0.15) is 87.1 Å². The summed E-state index contributed by atoms with van der Waals surface area (Å²) >= 11 is 0. The first-order valence-electron chi connectivity index (χ1n) is 10.9. The molecule has 0 N–H and O–H groups in total.